The zero-order valence-electron chi connectivity index (χ0n) is 28.9. The molecule has 0 aliphatic rings. The van der Waals surface area contributed by atoms with Crippen LogP contribution in [0.4, 0.5) is 87.8 Å². The van der Waals surface area contributed by atoms with Crippen molar-refractivity contribution in [3.8, 4) is 5.75 Å². The van der Waals surface area contributed by atoms with E-state index in [0.717, 1.165) is 11.3 Å². The molecule has 0 aliphatic carbocycles. The third-order valence-corrected chi connectivity index (χ3v) is 9.38. The van der Waals surface area contributed by atoms with E-state index in [-0.39, 0.29) is 16.7 Å². The molecule has 0 fully saturated rings. The van der Waals surface area contributed by atoms with Crippen molar-refractivity contribution < 1.29 is 97.3 Å². The first-order valence-corrected chi connectivity index (χ1v) is 17.5. The average molecular weight is 890 g/mol. The number of Topliss-reactive ketones (excluding diaryl/α,β-unsaturated/α-hetero) is 1. The Bertz CT molecular complexity index is 2130. The topological polar surface area (TPSA) is 26.3 Å². The molecule has 5 aromatic carbocycles. The Balaban J connectivity index is 0.000000464. The molecule has 0 radical (unpaired) electrons. The summed E-state index contributed by atoms with van der Waals surface area (Å²) in [5.41, 5.74) is -13.6. The SMILES string of the molecule is COc1ccc(C(=O)C[S+](C)C)cc1.Fc1c(F)c(F)c([B-](c2c(F)c(F)c(F)c(F)c2F)(c2c(F)c(F)c(F)c(F)c2F)c2c(F)c(F)c(F)c(F)c2F)c(F)c1F. The lowest BCUT2D eigenvalue weighted by Crippen LogP contribution is -2.81. The average Bonchev–Trinajstić information content (AvgIpc) is 3.20. The first-order valence-electron chi connectivity index (χ1n) is 15.3. The van der Waals surface area contributed by atoms with Gasteiger partial charge in [-0.1, -0.05) is 0 Å². The van der Waals surface area contributed by atoms with Gasteiger partial charge in [0, 0.05) is 5.56 Å². The first-order chi connectivity index (χ1) is 27.3. The van der Waals surface area contributed by atoms with Crippen LogP contribution in [0.25, 0.3) is 0 Å². The normalized spacial score (nSPS) is 11.6. The fourth-order valence-electron chi connectivity index (χ4n) is 6.00. The molecule has 0 atom stereocenters. The lowest BCUT2D eigenvalue weighted by atomic mass is 9.12. The van der Waals surface area contributed by atoms with Crippen LogP contribution in [-0.2, 0) is 10.9 Å². The van der Waals surface area contributed by atoms with Gasteiger partial charge in [0.2, 0.25) is 5.78 Å². The number of rotatable bonds is 8. The summed E-state index contributed by atoms with van der Waals surface area (Å²) in [5.74, 6) is -69.8. The van der Waals surface area contributed by atoms with E-state index in [1.165, 1.54) is 0 Å². The molecule has 316 valence electrons. The van der Waals surface area contributed by atoms with Gasteiger partial charge in [-0.2, -0.15) is 0 Å². The number of hydrogen-bond acceptors (Lipinski definition) is 2. The van der Waals surface area contributed by atoms with E-state index in [4.69, 9.17) is 4.74 Å². The summed E-state index contributed by atoms with van der Waals surface area (Å²) >= 11 is 0. The Labute approximate surface area is 319 Å². The zero-order valence-corrected chi connectivity index (χ0v) is 29.7. The Kier molecular flexibility index (Phi) is 13.4. The third-order valence-electron chi connectivity index (χ3n) is 8.54. The van der Waals surface area contributed by atoms with Crippen molar-refractivity contribution in [2.24, 2.45) is 0 Å². The number of halogens is 20. The van der Waals surface area contributed by atoms with Gasteiger partial charge in [0.1, 0.15) is 58.4 Å². The summed E-state index contributed by atoms with van der Waals surface area (Å²) in [6.07, 6.45) is -3.08. The minimum absolute atomic E-state index is 0.166. The predicted octanol–water partition coefficient (Wildman–Crippen LogP) is 7.60. The van der Waals surface area contributed by atoms with Gasteiger partial charge in [0.15, 0.2) is 75.6 Å². The summed E-state index contributed by atoms with van der Waals surface area (Å²) in [6, 6.07) is 7.26. The first kappa shape index (κ1) is 46.3. The Morgan fingerprint density at radius 1 is 0.407 bits per heavy atom. The number of methoxy groups -OCH3 is 1. The highest BCUT2D eigenvalue weighted by Crippen LogP contribution is 2.30. The maximum absolute atomic E-state index is 15.4. The second-order valence-electron chi connectivity index (χ2n) is 12.1. The molecule has 0 N–H and O–H groups in total. The van der Waals surface area contributed by atoms with Crippen molar-refractivity contribution in [1.29, 1.82) is 0 Å². The third kappa shape index (κ3) is 7.43. The van der Waals surface area contributed by atoms with Gasteiger partial charge in [-0.3, -0.25) is 4.79 Å². The van der Waals surface area contributed by atoms with Crippen molar-refractivity contribution >= 4 is 44.7 Å². The zero-order chi connectivity index (χ0) is 44.9. The Hall–Kier alpha value is -5.42. The highest BCUT2D eigenvalue weighted by Gasteiger charge is 2.52. The summed E-state index contributed by atoms with van der Waals surface area (Å²) in [5, 5.41) is 0. The van der Waals surface area contributed by atoms with Gasteiger partial charge < -0.3 is 4.74 Å². The Morgan fingerprint density at radius 2 is 0.610 bits per heavy atom. The van der Waals surface area contributed by atoms with Gasteiger partial charge in [-0.15, -0.1) is 21.9 Å². The van der Waals surface area contributed by atoms with Crippen LogP contribution in [0.3, 0.4) is 0 Å². The number of ether oxygens (including phenoxy) is 1. The van der Waals surface area contributed by atoms with Crippen LogP contribution in [0.1, 0.15) is 10.4 Å². The van der Waals surface area contributed by atoms with Crippen molar-refractivity contribution in [2.75, 3.05) is 25.4 Å². The fourth-order valence-corrected chi connectivity index (χ4v) is 6.69. The number of carbonyl (C=O) groups is 1. The van der Waals surface area contributed by atoms with Crippen LogP contribution in [0.2, 0.25) is 0 Å². The monoisotopic (exact) mass is 890 g/mol. The molecule has 0 unspecified atom stereocenters. The molecular weight excluding hydrogens is 875 g/mol. The van der Waals surface area contributed by atoms with E-state index >= 15 is 35.1 Å². The predicted molar refractivity (Wildman–Crippen MR) is 171 cm³/mol. The van der Waals surface area contributed by atoms with E-state index in [1.807, 2.05) is 24.3 Å². The molecule has 0 saturated heterocycles. The van der Waals surface area contributed by atoms with Crippen molar-refractivity contribution in [2.45, 2.75) is 0 Å². The molecule has 2 nitrogen and oxygen atoms in total. The Morgan fingerprint density at radius 3 is 0.797 bits per heavy atom. The molecule has 0 saturated carbocycles. The lowest BCUT2D eigenvalue weighted by molar-refractivity contribution is 0.102. The second-order valence-corrected chi connectivity index (χ2v) is 14.3. The molecule has 0 bridgehead atoms. The molecule has 59 heavy (non-hydrogen) atoms. The van der Waals surface area contributed by atoms with Crippen molar-refractivity contribution in [3.05, 3.63) is 146 Å². The van der Waals surface area contributed by atoms with E-state index in [0.29, 0.717) is 5.75 Å². The highest BCUT2D eigenvalue weighted by molar-refractivity contribution is 7.96. The number of ketones is 1. The van der Waals surface area contributed by atoms with Crippen LogP contribution < -0.4 is 26.6 Å². The van der Waals surface area contributed by atoms with Gasteiger partial charge in [-0.05, 0) is 35.2 Å². The molecule has 0 spiro atoms. The fraction of sp³-hybridized carbons (Fsp3) is 0.114. The molecule has 0 aromatic heterocycles. The van der Waals surface area contributed by atoms with Crippen molar-refractivity contribution in [1.82, 2.24) is 0 Å². The molecule has 24 heteroatoms. The summed E-state index contributed by atoms with van der Waals surface area (Å²) < 4.78 is 299. The number of hydrogen-bond donors (Lipinski definition) is 0. The van der Waals surface area contributed by atoms with E-state index in [2.05, 4.69) is 12.5 Å². The molecule has 0 amide bonds. The quantitative estimate of drug-likeness (QED) is 0.0401. The minimum atomic E-state index is -7.22. The smallest absolute Gasteiger partial charge is 0.211 e. The number of carbonyl (C=O) groups excluding carboxylic acids is 1. The van der Waals surface area contributed by atoms with E-state index in [9.17, 15) is 57.5 Å². The maximum atomic E-state index is 15.4. The summed E-state index contributed by atoms with van der Waals surface area (Å²) in [4.78, 5) is 11.6. The second kappa shape index (κ2) is 17.1. The molecular formula is C35H15BF20O2S. The number of benzene rings is 5. The van der Waals surface area contributed by atoms with E-state index in [1.54, 1.807) is 7.11 Å². The summed E-state index contributed by atoms with van der Waals surface area (Å²) in [6.45, 7) is 0. The van der Waals surface area contributed by atoms with Gasteiger partial charge in [0.05, 0.1) is 19.6 Å². The van der Waals surface area contributed by atoms with E-state index < -0.39 is 144 Å². The van der Waals surface area contributed by atoms with Crippen LogP contribution >= 0.6 is 0 Å². The van der Waals surface area contributed by atoms with Crippen LogP contribution in [0.15, 0.2) is 24.3 Å². The van der Waals surface area contributed by atoms with Crippen molar-refractivity contribution in [3.63, 3.8) is 0 Å². The largest absolute Gasteiger partial charge is 0.497 e. The summed E-state index contributed by atoms with van der Waals surface area (Å²) in [7, 11) is 1.78. The van der Waals surface area contributed by atoms with Gasteiger partial charge in [0.25, 0.3) is 0 Å². The minimum Gasteiger partial charge on any atom is -0.497 e. The maximum Gasteiger partial charge on any atom is 0.211 e. The highest BCUT2D eigenvalue weighted by atomic mass is 32.2. The molecule has 5 aromatic rings. The van der Waals surface area contributed by atoms with Gasteiger partial charge >= 0.3 is 0 Å². The molecule has 0 heterocycles. The standard InChI is InChI=1S/C24BF20.C11H15O2S/c26-5-1(6(27)14(35)21(42)13(5)34)25(2-7(28)15(36)22(43)16(37)8(2)29,3-9(30)17(38)23(44)18(39)10(3)31)4-11(32)19(40)24(45)20(41)12(4)33;1-13-10-6-4-9(5-7-10)11(12)8-14(2)3/h;4-7H,8H2,1-3H3/q-1;+1. The lowest BCUT2D eigenvalue weighted by Gasteiger charge is -2.44. The van der Waals surface area contributed by atoms with Crippen LogP contribution in [0.5, 0.6) is 5.75 Å². The van der Waals surface area contributed by atoms with Crippen LogP contribution in [-0.4, -0.2) is 37.3 Å². The van der Waals surface area contributed by atoms with Gasteiger partial charge in [-0.25, -0.2) is 87.8 Å². The van der Waals surface area contributed by atoms with Crippen LogP contribution in [0, 0.1) is 116 Å². The molecule has 5 rings (SSSR count). The molecule has 0 aliphatic heterocycles.